The minimum Gasteiger partial charge on any atom is -0.473 e. The van der Waals surface area contributed by atoms with Crippen molar-refractivity contribution < 1.29 is 18.7 Å². The average Bonchev–Trinajstić information content (AvgIpc) is 3.11. The molecule has 146 valence electrons. The molecule has 3 heterocycles. The molecule has 0 bridgehead atoms. The van der Waals surface area contributed by atoms with Gasteiger partial charge in [0.05, 0.1) is 5.92 Å². The molecule has 1 aromatic heterocycles. The molecule has 0 spiro atoms. The predicted octanol–water partition coefficient (Wildman–Crippen LogP) is 2.04. The van der Waals surface area contributed by atoms with Gasteiger partial charge in [0.25, 0.3) is 0 Å². The lowest BCUT2D eigenvalue weighted by molar-refractivity contribution is -0.137. The zero-order valence-electron chi connectivity index (χ0n) is 15.3. The van der Waals surface area contributed by atoms with Gasteiger partial charge in [0.2, 0.25) is 17.7 Å². The highest BCUT2D eigenvalue weighted by atomic mass is 19.1. The molecule has 0 N–H and O–H groups in total. The fraction of sp³-hybridized carbons (Fsp3) is 0.400. The van der Waals surface area contributed by atoms with Gasteiger partial charge in [-0.1, -0.05) is 0 Å². The molecule has 0 aliphatic carbocycles. The molecule has 2 fully saturated rings. The number of halogens is 1. The standard InChI is InChI=1S/C20H21FN4O3/c21-15-3-5-16(6-4-15)25-13-14(12-19(25)26)20(27)24-10-7-17(8-11-24)28-18-2-1-9-22-23-18/h1-6,9,14,17H,7-8,10-13H2. The predicted molar refractivity (Wildman–Crippen MR) is 99.1 cm³/mol. The number of carbonyl (C=O) groups excluding carboxylic acids is 2. The normalized spacial score (nSPS) is 20.5. The van der Waals surface area contributed by atoms with Crippen LogP contribution in [0.1, 0.15) is 19.3 Å². The highest BCUT2D eigenvalue weighted by Gasteiger charge is 2.38. The van der Waals surface area contributed by atoms with E-state index in [-0.39, 0.29) is 36.1 Å². The van der Waals surface area contributed by atoms with Crippen LogP contribution in [-0.2, 0) is 9.59 Å². The number of rotatable bonds is 4. The molecule has 1 atom stereocenters. The van der Waals surface area contributed by atoms with Crippen LogP contribution in [0.15, 0.2) is 42.6 Å². The van der Waals surface area contributed by atoms with Crippen LogP contribution in [0, 0.1) is 11.7 Å². The third-order valence-corrected chi connectivity index (χ3v) is 5.20. The zero-order chi connectivity index (χ0) is 19.5. The molecule has 2 amide bonds. The van der Waals surface area contributed by atoms with Crippen LogP contribution in [-0.4, -0.2) is 52.6 Å². The van der Waals surface area contributed by atoms with Gasteiger partial charge in [-0.25, -0.2) is 4.39 Å². The number of anilines is 1. The van der Waals surface area contributed by atoms with Gasteiger partial charge >= 0.3 is 0 Å². The summed E-state index contributed by atoms with van der Waals surface area (Å²) in [6.45, 7) is 1.51. The number of nitrogens with zero attached hydrogens (tertiary/aromatic N) is 4. The summed E-state index contributed by atoms with van der Waals surface area (Å²) in [4.78, 5) is 28.6. The number of hydrogen-bond acceptors (Lipinski definition) is 5. The second-order valence-electron chi connectivity index (χ2n) is 7.09. The smallest absolute Gasteiger partial charge is 0.233 e. The molecular weight excluding hydrogens is 363 g/mol. The molecule has 2 aliphatic rings. The van der Waals surface area contributed by atoms with Crippen molar-refractivity contribution in [3.05, 3.63) is 48.4 Å². The second-order valence-corrected chi connectivity index (χ2v) is 7.09. The molecule has 8 heteroatoms. The summed E-state index contributed by atoms with van der Waals surface area (Å²) in [5, 5.41) is 7.71. The minimum atomic E-state index is -0.366. The maximum atomic E-state index is 13.1. The van der Waals surface area contributed by atoms with E-state index in [0.717, 1.165) is 0 Å². The molecular formula is C20H21FN4O3. The maximum Gasteiger partial charge on any atom is 0.233 e. The summed E-state index contributed by atoms with van der Waals surface area (Å²) in [5.74, 6) is -0.338. The Morgan fingerprint density at radius 3 is 2.57 bits per heavy atom. The number of benzene rings is 1. The summed E-state index contributed by atoms with van der Waals surface area (Å²) in [5.41, 5.74) is 0.623. The largest absolute Gasteiger partial charge is 0.473 e. The van der Waals surface area contributed by atoms with E-state index in [1.54, 1.807) is 35.4 Å². The van der Waals surface area contributed by atoms with Gasteiger partial charge in [0.15, 0.2) is 0 Å². The molecule has 2 aliphatic heterocycles. The zero-order valence-corrected chi connectivity index (χ0v) is 15.3. The highest BCUT2D eigenvalue weighted by Crippen LogP contribution is 2.27. The Labute approximate surface area is 162 Å². The SMILES string of the molecule is O=C(C1CC(=O)N(c2ccc(F)cc2)C1)N1CCC(Oc2cccnn2)CC1. The first-order chi connectivity index (χ1) is 13.6. The van der Waals surface area contributed by atoms with Crippen molar-refractivity contribution in [3.63, 3.8) is 0 Å². The van der Waals surface area contributed by atoms with Crippen LogP contribution >= 0.6 is 0 Å². The van der Waals surface area contributed by atoms with E-state index in [1.165, 1.54) is 12.1 Å². The van der Waals surface area contributed by atoms with E-state index in [1.807, 2.05) is 4.90 Å². The topological polar surface area (TPSA) is 75.6 Å². The van der Waals surface area contributed by atoms with E-state index >= 15 is 0 Å². The number of piperidine rings is 1. The average molecular weight is 384 g/mol. The molecule has 0 radical (unpaired) electrons. The monoisotopic (exact) mass is 384 g/mol. The minimum absolute atomic E-state index is 0.00155. The van der Waals surface area contributed by atoms with Crippen molar-refractivity contribution in [3.8, 4) is 5.88 Å². The highest BCUT2D eigenvalue weighted by molar-refractivity contribution is 6.00. The van der Waals surface area contributed by atoms with Crippen LogP contribution in [0.3, 0.4) is 0 Å². The van der Waals surface area contributed by atoms with Crippen LogP contribution in [0.4, 0.5) is 10.1 Å². The van der Waals surface area contributed by atoms with Gasteiger partial charge in [-0.05, 0) is 30.3 Å². The quantitative estimate of drug-likeness (QED) is 0.806. The Morgan fingerprint density at radius 2 is 1.89 bits per heavy atom. The molecule has 1 unspecified atom stereocenters. The van der Waals surface area contributed by atoms with Gasteiger partial charge in [0.1, 0.15) is 11.9 Å². The first-order valence-corrected chi connectivity index (χ1v) is 9.39. The van der Waals surface area contributed by atoms with Gasteiger partial charge in [-0.15, -0.1) is 5.10 Å². The van der Waals surface area contributed by atoms with Crippen LogP contribution in [0.25, 0.3) is 0 Å². The van der Waals surface area contributed by atoms with Gasteiger partial charge in [-0.2, -0.15) is 5.10 Å². The summed E-state index contributed by atoms with van der Waals surface area (Å²) >= 11 is 0. The van der Waals surface area contributed by atoms with Crippen LogP contribution < -0.4 is 9.64 Å². The molecule has 28 heavy (non-hydrogen) atoms. The van der Waals surface area contributed by atoms with Crippen molar-refractivity contribution in [1.82, 2.24) is 15.1 Å². The first kappa shape index (κ1) is 18.3. The fourth-order valence-corrected chi connectivity index (χ4v) is 3.72. The Kier molecular flexibility index (Phi) is 5.18. The first-order valence-electron chi connectivity index (χ1n) is 9.39. The number of carbonyl (C=O) groups is 2. The van der Waals surface area contributed by atoms with Gasteiger partial charge < -0.3 is 14.5 Å². The summed E-state index contributed by atoms with van der Waals surface area (Å²) in [6, 6.07) is 9.30. The van der Waals surface area contributed by atoms with Crippen molar-refractivity contribution in [2.24, 2.45) is 5.92 Å². The lowest BCUT2D eigenvalue weighted by Gasteiger charge is -2.33. The van der Waals surface area contributed by atoms with Crippen LogP contribution in [0.5, 0.6) is 5.88 Å². The van der Waals surface area contributed by atoms with Gasteiger partial charge in [0, 0.05) is 56.8 Å². The van der Waals surface area contributed by atoms with Crippen molar-refractivity contribution in [2.45, 2.75) is 25.4 Å². The van der Waals surface area contributed by atoms with E-state index in [0.29, 0.717) is 44.0 Å². The van der Waals surface area contributed by atoms with Gasteiger partial charge in [-0.3, -0.25) is 9.59 Å². The summed E-state index contributed by atoms with van der Waals surface area (Å²) in [6.07, 6.45) is 3.20. The molecule has 4 rings (SSSR count). The molecule has 1 aromatic carbocycles. The Balaban J connectivity index is 1.32. The fourth-order valence-electron chi connectivity index (χ4n) is 3.72. The third-order valence-electron chi connectivity index (χ3n) is 5.20. The number of amides is 2. The van der Waals surface area contributed by atoms with Crippen LogP contribution in [0.2, 0.25) is 0 Å². The number of hydrogen-bond donors (Lipinski definition) is 0. The number of aromatic nitrogens is 2. The molecule has 0 saturated carbocycles. The Hall–Kier alpha value is -3.03. The lowest BCUT2D eigenvalue weighted by atomic mass is 10.0. The Morgan fingerprint density at radius 1 is 1.14 bits per heavy atom. The third kappa shape index (κ3) is 3.95. The summed E-state index contributed by atoms with van der Waals surface area (Å²) < 4.78 is 18.9. The van der Waals surface area contributed by atoms with Crippen molar-refractivity contribution >= 4 is 17.5 Å². The summed E-state index contributed by atoms with van der Waals surface area (Å²) in [7, 11) is 0. The molecule has 2 aromatic rings. The number of ether oxygens (including phenoxy) is 1. The van der Waals surface area contributed by atoms with Crippen molar-refractivity contribution in [2.75, 3.05) is 24.5 Å². The molecule has 7 nitrogen and oxygen atoms in total. The Bertz CT molecular complexity index is 838. The van der Waals surface area contributed by atoms with Crippen molar-refractivity contribution in [1.29, 1.82) is 0 Å². The second kappa shape index (κ2) is 7.92. The van der Waals surface area contributed by atoms with E-state index in [4.69, 9.17) is 4.74 Å². The van der Waals surface area contributed by atoms with E-state index in [9.17, 15) is 14.0 Å². The van der Waals surface area contributed by atoms with E-state index in [2.05, 4.69) is 10.2 Å². The molecule has 2 saturated heterocycles. The van der Waals surface area contributed by atoms with E-state index < -0.39 is 0 Å². The lowest BCUT2D eigenvalue weighted by Crippen LogP contribution is -2.45. The maximum absolute atomic E-state index is 13.1. The number of likely N-dealkylation sites (tertiary alicyclic amines) is 1.